The normalized spacial score (nSPS) is 10.7. The van der Waals surface area contributed by atoms with Gasteiger partial charge in [0.2, 0.25) is 0 Å². The maximum absolute atomic E-state index is 11.9. The van der Waals surface area contributed by atoms with Crippen LogP contribution in [0.15, 0.2) is 82.1 Å². The van der Waals surface area contributed by atoms with E-state index >= 15 is 0 Å². The molecule has 3 rings (SSSR count). The quantitative estimate of drug-likeness (QED) is 0.304. The molecule has 9 heteroatoms. The van der Waals surface area contributed by atoms with Crippen molar-refractivity contribution >= 4 is 29.6 Å². The van der Waals surface area contributed by atoms with E-state index in [4.69, 9.17) is 0 Å². The second-order valence-corrected chi connectivity index (χ2v) is 6.19. The molecule has 3 aromatic rings. The van der Waals surface area contributed by atoms with Gasteiger partial charge in [-0.25, -0.2) is 15.4 Å². The molecule has 0 atom stereocenters. The Kier molecular flexibility index (Phi) is 5.85. The molecule has 0 aliphatic carbocycles. The van der Waals surface area contributed by atoms with Crippen molar-refractivity contribution in [3.05, 3.63) is 88.2 Å². The van der Waals surface area contributed by atoms with Crippen LogP contribution in [0.5, 0.6) is 0 Å². The summed E-state index contributed by atoms with van der Waals surface area (Å²) < 4.78 is 0. The van der Waals surface area contributed by atoms with Gasteiger partial charge in [-0.05, 0) is 36.0 Å². The Labute approximate surface area is 158 Å². The first kappa shape index (κ1) is 18.2. The monoisotopic (exact) mass is 379 g/mol. The van der Waals surface area contributed by atoms with Crippen molar-refractivity contribution < 1.29 is 9.72 Å². The summed E-state index contributed by atoms with van der Waals surface area (Å²) >= 11 is 1.10. The van der Waals surface area contributed by atoms with Crippen LogP contribution < -0.4 is 5.43 Å². The van der Waals surface area contributed by atoms with E-state index in [2.05, 4.69) is 20.5 Å². The fraction of sp³-hybridized carbons (Fsp3) is 0. The Morgan fingerprint density at radius 1 is 1.11 bits per heavy atom. The van der Waals surface area contributed by atoms with Gasteiger partial charge in [-0.3, -0.25) is 14.9 Å². The minimum atomic E-state index is -0.481. The van der Waals surface area contributed by atoms with Gasteiger partial charge in [0.15, 0.2) is 5.16 Å². The van der Waals surface area contributed by atoms with Crippen LogP contribution in [-0.4, -0.2) is 27.0 Å². The average Bonchev–Trinajstić information content (AvgIpc) is 2.70. The Morgan fingerprint density at radius 2 is 1.85 bits per heavy atom. The van der Waals surface area contributed by atoms with E-state index in [-0.39, 0.29) is 11.6 Å². The number of hydrazone groups is 1. The van der Waals surface area contributed by atoms with Crippen molar-refractivity contribution in [1.29, 1.82) is 0 Å². The zero-order valence-electron chi connectivity index (χ0n) is 13.9. The summed E-state index contributed by atoms with van der Waals surface area (Å²) in [6.07, 6.45) is 4.48. The fourth-order valence-corrected chi connectivity index (χ4v) is 2.90. The second-order valence-electron chi connectivity index (χ2n) is 5.18. The molecule has 0 aliphatic heterocycles. The third kappa shape index (κ3) is 4.95. The molecule has 1 amide bonds. The lowest BCUT2D eigenvalue weighted by molar-refractivity contribution is -0.387. The Hall–Kier alpha value is -3.59. The summed E-state index contributed by atoms with van der Waals surface area (Å²) in [6, 6.07) is 14.9. The van der Waals surface area contributed by atoms with Crippen molar-refractivity contribution in [2.24, 2.45) is 5.10 Å². The predicted molar refractivity (Wildman–Crippen MR) is 101 cm³/mol. The highest BCUT2D eigenvalue weighted by atomic mass is 32.2. The summed E-state index contributed by atoms with van der Waals surface area (Å²) in [5, 5.41) is 15.6. The molecule has 2 aromatic carbocycles. The minimum absolute atomic E-state index is 0.0919. The van der Waals surface area contributed by atoms with E-state index in [0.717, 1.165) is 11.8 Å². The molecule has 1 heterocycles. The number of benzene rings is 2. The number of nitro benzene ring substituents is 1. The van der Waals surface area contributed by atoms with E-state index in [1.54, 1.807) is 60.9 Å². The van der Waals surface area contributed by atoms with E-state index in [1.807, 2.05) is 0 Å². The summed E-state index contributed by atoms with van der Waals surface area (Å²) in [5.74, 6) is -0.366. The number of carbonyl (C=O) groups excluding carboxylic acids is 1. The first-order chi connectivity index (χ1) is 13.1. The number of aromatic nitrogens is 2. The fourth-order valence-electron chi connectivity index (χ4n) is 2.10. The third-order valence-electron chi connectivity index (χ3n) is 3.34. The molecule has 0 fully saturated rings. The maximum atomic E-state index is 11.9. The van der Waals surface area contributed by atoms with Crippen LogP contribution in [0.3, 0.4) is 0 Å². The van der Waals surface area contributed by atoms with E-state index in [1.165, 1.54) is 12.3 Å². The molecular formula is C18H13N5O3S. The van der Waals surface area contributed by atoms with Crippen molar-refractivity contribution in [1.82, 2.24) is 15.4 Å². The van der Waals surface area contributed by atoms with Crippen LogP contribution in [0.1, 0.15) is 15.9 Å². The molecule has 0 bridgehead atoms. The summed E-state index contributed by atoms with van der Waals surface area (Å²) in [5.41, 5.74) is 3.24. The zero-order chi connectivity index (χ0) is 19.1. The lowest BCUT2D eigenvalue weighted by atomic mass is 10.2. The van der Waals surface area contributed by atoms with E-state index in [0.29, 0.717) is 21.2 Å². The van der Waals surface area contributed by atoms with Crippen LogP contribution in [0.2, 0.25) is 0 Å². The van der Waals surface area contributed by atoms with Gasteiger partial charge in [0.05, 0.1) is 16.0 Å². The van der Waals surface area contributed by atoms with Crippen molar-refractivity contribution in [2.45, 2.75) is 10.1 Å². The lowest BCUT2D eigenvalue weighted by Gasteiger charge is -2.03. The van der Waals surface area contributed by atoms with Crippen LogP contribution in [0, 0.1) is 10.1 Å². The molecule has 0 aliphatic rings. The molecule has 27 heavy (non-hydrogen) atoms. The number of nitro groups is 1. The van der Waals surface area contributed by atoms with Gasteiger partial charge in [-0.2, -0.15) is 5.10 Å². The molecule has 1 N–H and O–H groups in total. The Morgan fingerprint density at radius 3 is 2.56 bits per heavy atom. The highest BCUT2D eigenvalue weighted by molar-refractivity contribution is 7.99. The largest absolute Gasteiger partial charge is 0.283 e. The number of hydrogen-bond donors (Lipinski definition) is 1. The van der Waals surface area contributed by atoms with E-state index in [9.17, 15) is 14.9 Å². The number of nitrogens with one attached hydrogen (secondary N) is 1. The number of hydrogen-bond acceptors (Lipinski definition) is 7. The predicted octanol–water partition coefficient (Wildman–Crippen LogP) is 3.30. The van der Waals surface area contributed by atoms with Crippen LogP contribution in [0.4, 0.5) is 5.69 Å². The Bertz CT molecular complexity index is 981. The first-order valence-electron chi connectivity index (χ1n) is 7.75. The molecule has 0 unspecified atom stereocenters. The number of amides is 1. The van der Waals surface area contributed by atoms with Crippen LogP contribution in [0.25, 0.3) is 0 Å². The van der Waals surface area contributed by atoms with Gasteiger partial charge in [0.1, 0.15) is 0 Å². The maximum Gasteiger partial charge on any atom is 0.283 e. The molecule has 0 saturated heterocycles. The standard InChI is InChI=1S/C18H13N5O3S/c24-17(14-5-2-1-3-6-14)22-21-12-13-7-8-16(15(11-13)23(25)26)27-18-19-9-4-10-20-18/h1-12H,(H,22,24)/b21-12+. The molecule has 134 valence electrons. The molecule has 0 saturated carbocycles. The third-order valence-corrected chi connectivity index (χ3v) is 4.30. The molecule has 8 nitrogen and oxygen atoms in total. The Balaban J connectivity index is 1.74. The highest BCUT2D eigenvalue weighted by Gasteiger charge is 2.16. The summed E-state index contributed by atoms with van der Waals surface area (Å²) in [6.45, 7) is 0. The van der Waals surface area contributed by atoms with Gasteiger partial charge in [-0.15, -0.1) is 0 Å². The SMILES string of the molecule is O=C(N/N=C/c1ccc(Sc2ncccn2)c([N+](=O)[O-])c1)c1ccccc1. The molecule has 0 spiro atoms. The van der Waals surface area contributed by atoms with Crippen LogP contribution >= 0.6 is 11.8 Å². The summed E-state index contributed by atoms with van der Waals surface area (Å²) in [4.78, 5) is 31.3. The highest BCUT2D eigenvalue weighted by Crippen LogP contribution is 2.33. The number of nitrogens with zero attached hydrogens (tertiary/aromatic N) is 4. The number of carbonyl (C=O) groups is 1. The molecule has 1 aromatic heterocycles. The average molecular weight is 379 g/mol. The minimum Gasteiger partial charge on any atom is -0.267 e. The van der Waals surface area contributed by atoms with Gasteiger partial charge in [0.25, 0.3) is 11.6 Å². The summed E-state index contributed by atoms with van der Waals surface area (Å²) in [7, 11) is 0. The topological polar surface area (TPSA) is 110 Å². The smallest absolute Gasteiger partial charge is 0.267 e. The van der Waals surface area contributed by atoms with Crippen molar-refractivity contribution in [3.8, 4) is 0 Å². The number of rotatable bonds is 6. The molecule has 0 radical (unpaired) electrons. The zero-order valence-corrected chi connectivity index (χ0v) is 14.7. The van der Waals surface area contributed by atoms with Crippen molar-refractivity contribution in [2.75, 3.05) is 0 Å². The first-order valence-corrected chi connectivity index (χ1v) is 8.57. The van der Waals surface area contributed by atoms with Gasteiger partial charge < -0.3 is 0 Å². The lowest BCUT2D eigenvalue weighted by Crippen LogP contribution is -2.17. The van der Waals surface area contributed by atoms with Gasteiger partial charge >= 0.3 is 0 Å². The van der Waals surface area contributed by atoms with Gasteiger partial charge in [0, 0.05) is 29.6 Å². The van der Waals surface area contributed by atoms with Crippen molar-refractivity contribution in [3.63, 3.8) is 0 Å². The molecular weight excluding hydrogens is 366 g/mol. The van der Waals surface area contributed by atoms with Crippen LogP contribution in [-0.2, 0) is 0 Å². The van der Waals surface area contributed by atoms with Gasteiger partial charge in [-0.1, -0.05) is 24.3 Å². The second kappa shape index (κ2) is 8.68. The van der Waals surface area contributed by atoms with E-state index < -0.39 is 4.92 Å².